The molecule has 0 saturated carbocycles. The maximum absolute atomic E-state index is 11.6. The van der Waals surface area contributed by atoms with Crippen LogP contribution in [0.2, 0.25) is 0 Å². The highest BCUT2D eigenvalue weighted by atomic mass is 127. The summed E-state index contributed by atoms with van der Waals surface area (Å²) in [5.41, 5.74) is -0.417. The Bertz CT molecular complexity index is 428. The lowest BCUT2D eigenvalue weighted by Crippen LogP contribution is -2.29. The van der Waals surface area contributed by atoms with Crippen LogP contribution in [0.25, 0.3) is 0 Å². The molecule has 0 aromatic heterocycles. The number of rotatable bonds is 2. The average Bonchev–Trinajstić information content (AvgIpc) is 2.84. The largest absolute Gasteiger partial charge is 0.467 e. The fraction of sp³-hybridized carbons (Fsp3) is 0.417. The first-order valence-electron chi connectivity index (χ1n) is 4.99. The van der Waals surface area contributed by atoms with Crippen LogP contribution in [-0.2, 0) is 19.9 Å². The Morgan fingerprint density at radius 2 is 1.88 bits per heavy atom. The van der Waals surface area contributed by atoms with Gasteiger partial charge in [-0.05, 0) is 54.1 Å². The fourth-order valence-electron chi connectivity index (χ4n) is 1.92. The summed E-state index contributed by atoms with van der Waals surface area (Å²) in [5, 5.41) is 0. The molecule has 0 radical (unpaired) electrons. The molecule has 1 aromatic rings. The SMILES string of the molecule is COC(=O)C1(C)OC1(C)c1ccc(I)cc1. The van der Waals surface area contributed by atoms with Crippen molar-refractivity contribution in [2.75, 3.05) is 7.11 Å². The first-order chi connectivity index (χ1) is 7.44. The van der Waals surface area contributed by atoms with Gasteiger partial charge in [-0.1, -0.05) is 12.1 Å². The minimum Gasteiger partial charge on any atom is -0.467 e. The van der Waals surface area contributed by atoms with Crippen LogP contribution in [0.4, 0.5) is 0 Å². The minimum absolute atomic E-state index is 0.325. The van der Waals surface area contributed by atoms with Gasteiger partial charge in [0.25, 0.3) is 0 Å². The molecular weight excluding hydrogens is 319 g/mol. The predicted octanol–water partition coefficient (Wildman–Crippen LogP) is 2.47. The Hall–Kier alpha value is -0.620. The van der Waals surface area contributed by atoms with Gasteiger partial charge in [0.05, 0.1) is 7.11 Å². The summed E-state index contributed by atoms with van der Waals surface area (Å²) in [6.45, 7) is 3.67. The summed E-state index contributed by atoms with van der Waals surface area (Å²) >= 11 is 2.24. The predicted molar refractivity (Wildman–Crippen MR) is 68.0 cm³/mol. The number of carbonyl (C=O) groups is 1. The van der Waals surface area contributed by atoms with Crippen molar-refractivity contribution >= 4 is 28.6 Å². The molecule has 2 atom stereocenters. The molecule has 3 nitrogen and oxygen atoms in total. The zero-order valence-corrected chi connectivity index (χ0v) is 11.6. The van der Waals surface area contributed by atoms with Crippen molar-refractivity contribution in [3.05, 3.63) is 33.4 Å². The molecule has 0 amide bonds. The van der Waals surface area contributed by atoms with Crippen molar-refractivity contribution in [1.29, 1.82) is 0 Å². The third kappa shape index (κ3) is 1.55. The molecule has 1 aliphatic rings. The molecule has 0 aliphatic carbocycles. The highest BCUT2D eigenvalue weighted by Gasteiger charge is 2.70. The Balaban J connectivity index is 2.30. The van der Waals surface area contributed by atoms with E-state index in [-0.39, 0.29) is 5.97 Å². The lowest BCUT2D eigenvalue weighted by Gasteiger charge is -2.11. The lowest BCUT2D eigenvalue weighted by atomic mass is 9.89. The first-order valence-corrected chi connectivity index (χ1v) is 6.06. The summed E-state index contributed by atoms with van der Waals surface area (Å²) in [5.74, 6) is -0.325. The van der Waals surface area contributed by atoms with Gasteiger partial charge in [0, 0.05) is 3.57 Å². The van der Waals surface area contributed by atoms with Crippen molar-refractivity contribution in [3.63, 3.8) is 0 Å². The van der Waals surface area contributed by atoms with Gasteiger partial charge in [0.2, 0.25) is 0 Å². The monoisotopic (exact) mass is 332 g/mol. The molecule has 16 heavy (non-hydrogen) atoms. The third-order valence-electron chi connectivity index (χ3n) is 3.25. The number of ether oxygens (including phenoxy) is 2. The molecule has 0 bridgehead atoms. The van der Waals surface area contributed by atoms with Gasteiger partial charge in [0.15, 0.2) is 5.60 Å². The molecule has 86 valence electrons. The summed E-state index contributed by atoms with van der Waals surface area (Å²) in [6, 6.07) is 7.97. The van der Waals surface area contributed by atoms with Gasteiger partial charge in [-0.25, -0.2) is 4.79 Å². The summed E-state index contributed by atoms with van der Waals surface area (Å²) < 4.78 is 11.5. The second-order valence-electron chi connectivity index (χ2n) is 4.17. The number of halogens is 1. The average molecular weight is 332 g/mol. The number of methoxy groups -OCH3 is 1. The van der Waals surface area contributed by atoms with E-state index in [4.69, 9.17) is 9.47 Å². The molecule has 1 aliphatic heterocycles. The van der Waals surface area contributed by atoms with E-state index in [9.17, 15) is 4.79 Å². The molecule has 2 rings (SSSR count). The van der Waals surface area contributed by atoms with Gasteiger partial charge in [-0.3, -0.25) is 0 Å². The maximum Gasteiger partial charge on any atom is 0.341 e. The Morgan fingerprint density at radius 1 is 1.31 bits per heavy atom. The van der Waals surface area contributed by atoms with Crippen molar-refractivity contribution in [3.8, 4) is 0 Å². The summed E-state index contributed by atoms with van der Waals surface area (Å²) in [6.07, 6.45) is 0. The Morgan fingerprint density at radius 3 is 2.38 bits per heavy atom. The molecule has 1 fully saturated rings. The molecule has 1 heterocycles. The number of epoxide rings is 1. The van der Waals surface area contributed by atoms with Gasteiger partial charge < -0.3 is 9.47 Å². The zero-order chi connectivity index (χ0) is 12.0. The van der Waals surface area contributed by atoms with E-state index < -0.39 is 11.2 Å². The van der Waals surface area contributed by atoms with E-state index in [2.05, 4.69) is 22.6 Å². The van der Waals surface area contributed by atoms with Crippen LogP contribution >= 0.6 is 22.6 Å². The van der Waals surface area contributed by atoms with Gasteiger partial charge in [0.1, 0.15) is 5.60 Å². The fourth-order valence-corrected chi connectivity index (χ4v) is 2.28. The molecule has 1 aromatic carbocycles. The zero-order valence-electron chi connectivity index (χ0n) is 9.41. The van der Waals surface area contributed by atoms with Crippen molar-refractivity contribution < 1.29 is 14.3 Å². The highest BCUT2D eigenvalue weighted by Crippen LogP contribution is 2.55. The summed E-state index contributed by atoms with van der Waals surface area (Å²) in [7, 11) is 1.38. The number of esters is 1. The quantitative estimate of drug-likeness (QED) is 0.474. The van der Waals surface area contributed by atoms with Crippen LogP contribution in [0.15, 0.2) is 24.3 Å². The van der Waals surface area contributed by atoms with E-state index in [0.29, 0.717) is 0 Å². The minimum atomic E-state index is -0.853. The summed E-state index contributed by atoms with van der Waals surface area (Å²) in [4.78, 5) is 11.6. The van der Waals surface area contributed by atoms with Crippen LogP contribution in [0.1, 0.15) is 19.4 Å². The van der Waals surface area contributed by atoms with Crippen molar-refractivity contribution in [1.82, 2.24) is 0 Å². The molecule has 4 heteroatoms. The standard InChI is InChI=1S/C12H13IO3/c1-11(8-4-6-9(13)7-5-8)12(2,16-11)10(14)15-3/h4-7H,1-3H3. The number of hydrogen-bond donors (Lipinski definition) is 0. The van der Waals surface area contributed by atoms with Crippen LogP contribution in [0.5, 0.6) is 0 Å². The van der Waals surface area contributed by atoms with Gasteiger partial charge in [-0.2, -0.15) is 0 Å². The molecule has 1 saturated heterocycles. The van der Waals surface area contributed by atoms with Crippen molar-refractivity contribution in [2.45, 2.75) is 25.0 Å². The third-order valence-corrected chi connectivity index (χ3v) is 3.97. The van der Waals surface area contributed by atoms with Gasteiger partial charge in [-0.15, -0.1) is 0 Å². The first kappa shape index (κ1) is 11.9. The normalized spacial score (nSPS) is 32.2. The maximum atomic E-state index is 11.6. The number of benzene rings is 1. The van der Waals surface area contributed by atoms with E-state index in [0.717, 1.165) is 9.13 Å². The Labute approximate surface area is 108 Å². The van der Waals surface area contributed by atoms with E-state index in [1.54, 1.807) is 6.92 Å². The van der Waals surface area contributed by atoms with Crippen LogP contribution in [0.3, 0.4) is 0 Å². The van der Waals surface area contributed by atoms with E-state index in [1.165, 1.54) is 7.11 Å². The topological polar surface area (TPSA) is 38.8 Å². The van der Waals surface area contributed by atoms with Gasteiger partial charge >= 0.3 is 5.97 Å². The number of hydrogen-bond acceptors (Lipinski definition) is 3. The van der Waals surface area contributed by atoms with E-state index >= 15 is 0 Å². The molecule has 0 spiro atoms. The van der Waals surface area contributed by atoms with Crippen molar-refractivity contribution in [2.24, 2.45) is 0 Å². The van der Waals surface area contributed by atoms with E-state index in [1.807, 2.05) is 31.2 Å². The highest BCUT2D eigenvalue weighted by molar-refractivity contribution is 14.1. The lowest BCUT2D eigenvalue weighted by molar-refractivity contribution is -0.146. The van der Waals surface area contributed by atoms with Crippen LogP contribution < -0.4 is 0 Å². The number of carbonyl (C=O) groups excluding carboxylic acids is 1. The van der Waals surface area contributed by atoms with Crippen LogP contribution in [0, 0.1) is 3.57 Å². The second kappa shape index (κ2) is 3.70. The molecular formula is C12H13IO3. The Kier molecular flexibility index (Phi) is 2.74. The molecule has 0 N–H and O–H groups in total. The smallest absolute Gasteiger partial charge is 0.341 e. The molecule has 2 unspecified atom stereocenters. The van der Waals surface area contributed by atoms with Crippen LogP contribution in [-0.4, -0.2) is 18.7 Å². The second-order valence-corrected chi connectivity index (χ2v) is 5.41.